The largest absolute Gasteiger partial charge is 0.481 e. The van der Waals surface area contributed by atoms with Gasteiger partial charge in [0, 0.05) is 24.0 Å². The van der Waals surface area contributed by atoms with Gasteiger partial charge in [-0.3, -0.25) is 9.80 Å². The molecule has 0 unspecified atom stereocenters. The number of carbonyl (C=O) groups is 2. The Hall–Kier alpha value is -4.11. The number of aromatic nitrogens is 1. The lowest BCUT2D eigenvalue weighted by atomic mass is 9.98. The Morgan fingerprint density at radius 1 is 1.06 bits per heavy atom. The molecule has 3 aromatic rings. The number of hydrogen-bond donors (Lipinski definition) is 3. The summed E-state index contributed by atoms with van der Waals surface area (Å²) >= 11 is 0. The van der Waals surface area contributed by atoms with E-state index in [1.807, 2.05) is 41.5 Å². The van der Waals surface area contributed by atoms with Crippen molar-refractivity contribution >= 4 is 28.3 Å². The van der Waals surface area contributed by atoms with Gasteiger partial charge in [-0.2, -0.15) is 0 Å². The molecule has 0 fully saturated rings. The predicted molar refractivity (Wildman–Crippen MR) is 115 cm³/mol. The van der Waals surface area contributed by atoms with Crippen molar-refractivity contribution in [1.29, 1.82) is 0 Å². The number of fused-ring (bicyclic) bond motifs is 1. The fourth-order valence-electron chi connectivity index (χ4n) is 3.36. The number of esters is 1. The maximum atomic E-state index is 13.1. The average Bonchev–Trinajstić information content (AvgIpc) is 3.32. The van der Waals surface area contributed by atoms with Crippen molar-refractivity contribution in [2.45, 2.75) is 6.54 Å². The van der Waals surface area contributed by atoms with Gasteiger partial charge in [-0.25, -0.2) is 9.78 Å². The second-order valence-corrected chi connectivity index (χ2v) is 6.71. The van der Waals surface area contributed by atoms with Crippen molar-refractivity contribution in [3.8, 4) is 5.88 Å². The lowest BCUT2D eigenvalue weighted by Gasteiger charge is -2.18. The van der Waals surface area contributed by atoms with E-state index >= 15 is 0 Å². The molecular weight excluding hydrogens is 398 g/mol. The Balaban J connectivity index is 1.67. The summed E-state index contributed by atoms with van der Waals surface area (Å²) in [6, 6.07) is 14.5. The number of anilines is 1. The summed E-state index contributed by atoms with van der Waals surface area (Å²) in [4.78, 5) is 29.4. The van der Waals surface area contributed by atoms with Crippen LogP contribution in [-0.4, -0.2) is 36.1 Å². The third-order valence-electron chi connectivity index (χ3n) is 4.85. The molecule has 9 heteroatoms. The van der Waals surface area contributed by atoms with Crippen molar-refractivity contribution in [3.05, 3.63) is 77.8 Å². The Kier molecular flexibility index (Phi) is 5.67. The average molecular weight is 419 g/mol. The Morgan fingerprint density at radius 2 is 1.87 bits per heavy atom. The molecule has 0 bridgehead atoms. The Bertz CT molecular complexity index is 1180. The van der Waals surface area contributed by atoms with Crippen LogP contribution >= 0.6 is 0 Å². The number of nitrogens with zero attached hydrogens (tertiary/aromatic N) is 2. The molecule has 1 aliphatic heterocycles. The van der Waals surface area contributed by atoms with Gasteiger partial charge < -0.3 is 20.2 Å². The topological polar surface area (TPSA) is 105 Å². The van der Waals surface area contributed by atoms with Crippen LogP contribution in [0, 0.1) is 0 Å². The van der Waals surface area contributed by atoms with Crippen LogP contribution in [0.1, 0.15) is 26.4 Å². The number of ether oxygens (including phenoxy) is 2. The van der Waals surface area contributed by atoms with Crippen LogP contribution in [0.15, 0.2) is 60.9 Å². The van der Waals surface area contributed by atoms with Gasteiger partial charge in [0.05, 0.1) is 26.5 Å². The quantitative estimate of drug-likeness (QED) is 0.524. The van der Waals surface area contributed by atoms with Crippen LogP contribution in [0.5, 0.6) is 5.88 Å². The van der Waals surface area contributed by atoms with Gasteiger partial charge in [-0.1, -0.05) is 30.3 Å². The zero-order chi connectivity index (χ0) is 21.8. The molecule has 31 heavy (non-hydrogen) atoms. The number of rotatable bonds is 6. The van der Waals surface area contributed by atoms with Crippen LogP contribution in [0.25, 0.3) is 10.8 Å². The normalized spacial score (nSPS) is 12.5. The van der Waals surface area contributed by atoms with Crippen molar-refractivity contribution in [2.24, 2.45) is 0 Å². The summed E-state index contributed by atoms with van der Waals surface area (Å²) in [7, 11) is 2.69. The molecule has 3 N–H and O–H groups in total. The fourth-order valence-corrected chi connectivity index (χ4v) is 3.36. The summed E-state index contributed by atoms with van der Waals surface area (Å²) in [6.07, 6.45) is 3.69. The molecule has 0 spiro atoms. The van der Waals surface area contributed by atoms with E-state index in [1.54, 1.807) is 24.4 Å². The van der Waals surface area contributed by atoms with Crippen molar-refractivity contribution in [3.63, 3.8) is 0 Å². The third kappa shape index (κ3) is 4.12. The fraction of sp³-hybridized carbons (Fsp3) is 0.136. The first kappa shape index (κ1) is 20.2. The minimum atomic E-state index is -0.672. The van der Waals surface area contributed by atoms with E-state index in [4.69, 9.17) is 9.47 Å². The molecule has 0 atom stereocenters. The zero-order valence-electron chi connectivity index (χ0n) is 17.0. The summed E-state index contributed by atoms with van der Waals surface area (Å²) in [5.41, 5.74) is 7.65. The molecule has 158 valence electrons. The molecule has 1 aliphatic rings. The van der Waals surface area contributed by atoms with E-state index in [-0.39, 0.29) is 23.2 Å². The number of nitrogens with one attached hydrogen (secondary N) is 3. The molecule has 2 aromatic carbocycles. The van der Waals surface area contributed by atoms with E-state index in [0.29, 0.717) is 12.1 Å². The van der Waals surface area contributed by atoms with Crippen LogP contribution < -0.4 is 21.0 Å². The molecule has 4 rings (SSSR count). The first-order valence-corrected chi connectivity index (χ1v) is 9.50. The second-order valence-electron chi connectivity index (χ2n) is 6.71. The first-order chi connectivity index (χ1) is 15.1. The maximum Gasteiger partial charge on any atom is 0.358 e. The van der Waals surface area contributed by atoms with Gasteiger partial charge in [0.2, 0.25) is 5.88 Å². The van der Waals surface area contributed by atoms with Crippen molar-refractivity contribution < 1.29 is 19.1 Å². The SMILES string of the molecule is COC(=O)c1nc(OC)ccc1NC(=O)c1ccc(CN2C=CNN2)c2ccccc12. The zero-order valence-corrected chi connectivity index (χ0v) is 17.0. The van der Waals surface area contributed by atoms with E-state index in [0.717, 1.165) is 16.3 Å². The minimum Gasteiger partial charge on any atom is -0.481 e. The van der Waals surface area contributed by atoms with Gasteiger partial charge in [-0.05, 0) is 28.5 Å². The molecule has 9 nitrogen and oxygen atoms in total. The highest BCUT2D eigenvalue weighted by molar-refractivity contribution is 6.14. The molecule has 1 amide bonds. The van der Waals surface area contributed by atoms with Gasteiger partial charge >= 0.3 is 5.97 Å². The third-order valence-corrected chi connectivity index (χ3v) is 4.85. The maximum absolute atomic E-state index is 13.1. The molecule has 0 radical (unpaired) electrons. The molecule has 1 aromatic heterocycles. The van der Waals surface area contributed by atoms with Gasteiger partial charge in [-0.15, -0.1) is 5.53 Å². The number of hydrazine groups is 2. The smallest absolute Gasteiger partial charge is 0.358 e. The molecular formula is C22H21N5O4. The number of hydrogen-bond acceptors (Lipinski definition) is 8. The lowest BCUT2D eigenvalue weighted by molar-refractivity contribution is 0.0594. The molecule has 0 aliphatic carbocycles. The first-order valence-electron chi connectivity index (χ1n) is 9.50. The number of benzene rings is 2. The van der Waals surface area contributed by atoms with Crippen LogP contribution in [0.2, 0.25) is 0 Å². The van der Waals surface area contributed by atoms with E-state index in [9.17, 15) is 9.59 Å². The Labute approximate surface area is 178 Å². The van der Waals surface area contributed by atoms with Gasteiger partial charge in [0.25, 0.3) is 5.91 Å². The van der Waals surface area contributed by atoms with E-state index < -0.39 is 5.97 Å². The monoisotopic (exact) mass is 419 g/mol. The highest BCUT2D eigenvalue weighted by Gasteiger charge is 2.20. The molecule has 0 saturated carbocycles. The number of methoxy groups -OCH3 is 2. The predicted octanol–water partition coefficient (Wildman–Crippen LogP) is 2.58. The van der Waals surface area contributed by atoms with Gasteiger partial charge in [0.15, 0.2) is 5.69 Å². The highest BCUT2D eigenvalue weighted by Crippen LogP contribution is 2.26. The number of pyridine rings is 1. The van der Waals surface area contributed by atoms with Crippen LogP contribution in [-0.2, 0) is 11.3 Å². The summed E-state index contributed by atoms with van der Waals surface area (Å²) in [6.45, 7) is 0.612. The lowest BCUT2D eigenvalue weighted by Crippen LogP contribution is -2.34. The minimum absolute atomic E-state index is 0.0319. The van der Waals surface area contributed by atoms with Gasteiger partial charge in [0.1, 0.15) is 0 Å². The van der Waals surface area contributed by atoms with E-state index in [1.165, 1.54) is 14.2 Å². The van der Waals surface area contributed by atoms with Crippen LogP contribution in [0.3, 0.4) is 0 Å². The van der Waals surface area contributed by atoms with Crippen LogP contribution in [0.4, 0.5) is 5.69 Å². The number of amides is 1. The second kappa shape index (κ2) is 8.72. The van der Waals surface area contributed by atoms with E-state index in [2.05, 4.69) is 21.3 Å². The number of carbonyl (C=O) groups excluding carboxylic acids is 2. The summed E-state index contributed by atoms with van der Waals surface area (Å²) in [5.74, 6) is -0.790. The molecule has 0 saturated heterocycles. The molecule has 2 heterocycles. The summed E-state index contributed by atoms with van der Waals surface area (Å²) in [5, 5.41) is 6.43. The van der Waals surface area contributed by atoms with Crippen molar-refractivity contribution in [2.75, 3.05) is 19.5 Å². The highest BCUT2D eigenvalue weighted by atomic mass is 16.5. The summed E-state index contributed by atoms with van der Waals surface area (Å²) < 4.78 is 9.85. The van der Waals surface area contributed by atoms with Crippen molar-refractivity contribution in [1.82, 2.24) is 21.0 Å². The Morgan fingerprint density at radius 3 is 2.58 bits per heavy atom. The standard InChI is InChI=1S/C22H21N5O4/c1-30-19-10-9-18(20(25-19)22(29)31-2)24-21(28)17-8-7-14(13-27-12-11-23-26-27)15-5-3-4-6-16(15)17/h3-12,23,26H,13H2,1-2H3,(H,24,28).